The van der Waals surface area contributed by atoms with Crippen molar-refractivity contribution in [3.8, 4) is 0 Å². The van der Waals surface area contributed by atoms with E-state index in [4.69, 9.17) is 11.6 Å². The van der Waals surface area contributed by atoms with Crippen molar-refractivity contribution in [2.24, 2.45) is 0 Å². The molecule has 1 saturated heterocycles. The molecule has 1 aliphatic rings. The molecule has 1 fully saturated rings. The monoisotopic (exact) mass is 284 g/mol. The molecule has 1 amide bonds. The zero-order valence-corrected chi connectivity index (χ0v) is 12.2. The molecule has 1 unspecified atom stereocenters. The summed E-state index contributed by atoms with van der Waals surface area (Å²) in [6.45, 7) is 4.91. The third-order valence-corrected chi connectivity index (χ3v) is 4.47. The van der Waals surface area contributed by atoms with E-state index in [9.17, 15) is 4.79 Å². The zero-order chi connectivity index (χ0) is 13.1. The third-order valence-electron chi connectivity index (χ3n) is 3.08. The molecule has 98 valence electrons. The lowest BCUT2D eigenvalue weighted by atomic mass is 10.1. The fourth-order valence-electron chi connectivity index (χ4n) is 2.05. The maximum absolute atomic E-state index is 12.5. The van der Waals surface area contributed by atoms with Crippen LogP contribution in [-0.4, -0.2) is 39.9 Å². The number of aryl methyl sites for hydroxylation is 1. The highest BCUT2D eigenvalue weighted by atomic mass is 35.5. The van der Waals surface area contributed by atoms with E-state index >= 15 is 0 Å². The number of hydrogen-bond donors (Lipinski definition) is 0. The first-order valence-corrected chi connectivity index (χ1v) is 7.70. The molecule has 0 aliphatic carbocycles. The van der Waals surface area contributed by atoms with Gasteiger partial charge in [0, 0.05) is 35.3 Å². The average molecular weight is 285 g/mol. The number of thioether (sulfide) groups is 1. The summed E-state index contributed by atoms with van der Waals surface area (Å²) in [7, 11) is 0. The molecule has 0 N–H and O–H groups in total. The minimum Gasteiger partial charge on any atom is -0.334 e. The molecule has 0 spiro atoms. The van der Waals surface area contributed by atoms with Gasteiger partial charge in [-0.05, 0) is 25.5 Å². The van der Waals surface area contributed by atoms with E-state index in [1.807, 2.05) is 29.7 Å². The second-order valence-corrected chi connectivity index (χ2v) is 5.98. The van der Waals surface area contributed by atoms with E-state index in [2.05, 4.69) is 11.9 Å². The highest BCUT2D eigenvalue weighted by Gasteiger charge is 2.25. The van der Waals surface area contributed by atoms with Crippen molar-refractivity contribution in [3.05, 3.63) is 28.5 Å². The lowest BCUT2D eigenvalue weighted by molar-refractivity contribution is 0.0716. The molecule has 1 aliphatic heterocycles. The van der Waals surface area contributed by atoms with Crippen LogP contribution in [-0.2, 0) is 6.42 Å². The Labute approximate surface area is 117 Å². The highest BCUT2D eigenvalue weighted by Crippen LogP contribution is 2.20. The van der Waals surface area contributed by atoms with Crippen LogP contribution in [0.2, 0.25) is 5.15 Å². The lowest BCUT2D eigenvalue weighted by Crippen LogP contribution is -2.44. The fourth-order valence-corrected chi connectivity index (χ4v) is 3.29. The quantitative estimate of drug-likeness (QED) is 0.783. The molecule has 5 heteroatoms. The van der Waals surface area contributed by atoms with Crippen LogP contribution in [0.3, 0.4) is 0 Å². The van der Waals surface area contributed by atoms with Crippen molar-refractivity contribution in [3.63, 3.8) is 0 Å². The predicted molar refractivity (Wildman–Crippen MR) is 76.4 cm³/mol. The van der Waals surface area contributed by atoms with Gasteiger partial charge in [0.1, 0.15) is 5.15 Å². The van der Waals surface area contributed by atoms with E-state index in [0.29, 0.717) is 10.7 Å². The summed E-state index contributed by atoms with van der Waals surface area (Å²) in [5, 5.41) is 0.400. The van der Waals surface area contributed by atoms with Crippen molar-refractivity contribution in [1.82, 2.24) is 9.88 Å². The molecule has 2 heterocycles. The van der Waals surface area contributed by atoms with Gasteiger partial charge in [-0.2, -0.15) is 11.8 Å². The topological polar surface area (TPSA) is 33.2 Å². The molecule has 18 heavy (non-hydrogen) atoms. The number of hydrogen-bond acceptors (Lipinski definition) is 3. The maximum atomic E-state index is 12.5. The summed E-state index contributed by atoms with van der Waals surface area (Å²) in [6, 6.07) is 3.80. The molecule has 1 aromatic heterocycles. The van der Waals surface area contributed by atoms with E-state index in [1.54, 1.807) is 6.07 Å². The van der Waals surface area contributed by atoms with E-state index < -0.39 is 0 Å². The van der Waals surface area contributed by atoms with Crippen molar-refractivity contribution >= 4 is 29.3 Å². The number of carbonyl (C=O) groups excluding carboxylic acids is 1. The fraction of sp³-hybridized carbons (Fsp3) is 0.538. The zero-order valence-electron chi connectivity index (χ0n) is 10.6. The molecular formula is C13H17ClN2OS. The minimum atomic E-state index is 0.0711. The van der Waals surface area contributed by atoms with Gasteiger partial charge in [0.05, 0.1) is 0 Å². The Morgan fingerprint density at radius 1 is 1.61 bits per heavy atom. The van der Waals surface area contributed by atoms with Crippen molar-refractivity contribution in [1.29, 1.82) is 0 Å². The van der Waals surface area contributed by atoms with Gasteiger partial charge in [-0.3, -0.25) is 4.79 Å². The second-order valence-electron chi connectivity index (χ2n) is 4.45. The first kappa shape index (κ1) is 13.7. The van der Waals surface area contributed by atoms with Gasteiger partial charge >= 0.3 is 0 Å². The summed E-state index contributed by atoms with van der Waals surface area (Å²) in [5.74, 6) is 2.09. The van der Waals surface area contributed by atoms with Gasteiger partial charge in [0.25, 0.3) is 5.91 Å². The largest absolute Gasteiger partial charge is 0.334 e. The summed E-state index contributed by atoms with van der Waals surface area (Å²) in [5.41, 5.74) is 1.52. The van der Waals surface area contributed by atoms with Crippen molar-refractivity contribution < 1.29 is 4.79 Å². The van der Waals surface area contributed by atoms with Gasteiger partial charge in [-0.15, -0.1) is 0 Å². The van der Waals surface area contributed by atoms with Crippen molar-refractivity contribution in [2.75, 3.05) is 18.1 Å². The van der Waals surface area contributed by atoms with Gasteiger partial charge in [-0.25, -0.2) is 4.98 Å². The Kier molecular flexibility index (Phi) is 4.51. The molecule has 1 atom stereocenters. The summed E-state index contributed by atoms with van der Waals surface area (Å²) in [6.07, 6.45) is 0.784. The first-order valence-electron chi connectivity index (χ1n) is 6.17. The van der Waals surface area contributed by atoms with Crippen LogP contribution >= 0.6 is 23.4 Å². The van der Waals surface area contributed by atoms with E-state index in [0.717, 1.165) is 30.2 Å². The average Bonchev–Trinajstić information content (AvgIpc) is 2.37. The molecular weight excluding hydrogens is 268 g/mol. The third kappa shape index (κ3) is 2.98. The molecule has 0 aromatic carbocycles. The minimum absolute atomic E-state index is 0.0711. The normalized spacial score (nSPS) is 19.9. The summed E-state index contributed by atoms with van der Waals surface area (Å²) >= 11 is 7.86. The maximum Gasteiger partial charge on any atom is 0.254 e. The molecule has 0 saturated carbocycles. The SMILES string of the molecule is CCc1cc(C(=O)N2CCSCC2C)cc(Cl)n1. The Bertz CT molecular complexity index is 453. The van der Waals surface area contributed by atoms with Gasteiger partial charge < -0.3 is 4.90 Å². The first-order chi connectivity index (χ1) is 8.61. The number of aromatic nitrogens is 1. The Hall–Kier alpha value is -0.740. The predicted octanol–water partition coefficient (Wildman–Crippen LogP) is 2.87. The number of nitrogens with zero attached hydrogens (tertiary/aromatic N) is 2. The number of amides is 1. The molecule has 0 bridgehead atoms. The molecule has 3 nitrogen and oxygen atoms in total. The number of carbonyl (C=O) groups is 1. The van der Waals surface area contributed by atoms with E-state index in [1.165, 1.54) is 0 Å². The number of rotatable bonds is 2. The van der Waals surface area contributed by atoms with Crippen LogP contribution < -0.4 is 0 Å². The van der Waals surface area contributed by atoms with Crippen LogP contribution in [0.25, 0.3) is 0 Å². The van der Waals surface area contributed by atoms with Gasteiger partial charge in [0.15, 0.2) is 0 Å². The lowest BCUT2D eigenvalue weighted by Gasteiger charge is -2.33. The molecule has 1 aromatic rings. The number of pyridine rings is 1. The van der Waals surface area contributed by atoms with Gasteiger partial charge in [0.2, 0.25) is 0 Å². The molecule has 0 radical (unpaired) electrons. The standard InChI is InChI=1S/C13H17ClN2OS/c1-3-11-6-10(7-12(14)15-11)13(17)16-4-5-18-8-9(16)2/h6-7,9H,3-5,8H2,1-2H3. The molecule has 2 rings (SSSR count). The Morgan fingerprint density at radius 3 is 3.06 bits per heavy atom. The van der Waals surface area contributed by atoms with Crippen LogP contribution in [0, 0.1) is 0 Å². The second kappa shape index (κ2) is 5.93. The van der Waals surface area contributed by atoms with Crippen molar-refractivity contribution in [2.45, 2.75) is 26.3 Å². The van der Waals surface area contributed by atoms with Crippen LogP contribution in [0.15, 0.2) is 12.1 Å². The summed E-state index contributed by atoms with van der Waals surface area (Å²) in [4.78, 5) is 18.6. The van der Waals surface area contributed by atoms with E-state index in [-0.39, 0.29) is 11.9 Å². The smallest absolute Gasteiger partial charge is 0.254 e. The van der Waals surface area contributed by atoms with Crippen LogP contribution in [0.4, 0.5) is 0 Å². The Balaban J connectivity index is 2.24. The van der Waals surface area contributed by atoms with Gasteiger partial charge in [-0.1, -0.05) is 18.5 Å². The Morgan fingerprint density at radius 2 is 2.39 bits per heavy atom. The van der Waals surface area contributed by atoms with Crippen LogP contribution in [0.5, 0.6) is 0 Å². The number of halogens is 1. The highest BCUT2D eigenvalue weighted by molar-refractivity contribution is 7.99. The summed E-state index contributed by atoms with van der Waals surface area (Å²) < 4.78 is 0. The van der Waals surface area contributed by atoms with Crippen LogP contribution in [0.1, 0.15) is 29.9 Å².